The van der Waals surface area contributed by atoms with Crippen LogP contribution in [0.3, 0.4) is 0 Å². The van der Waals surface area contributed by atoms with Crippen LogP contribution in [-0.4, -0.2) is 38.3 Å². The van der Waals surface area contributed by atoms with Crippen LogP contribution in [-0.2, 0) is 17.8 Å². The topological polar surface area (TPSA) is 109 Å². The molecule has 2 aromatic carbocycles. The lowest BCUT2D eigenvalue weighted by molar-refractivity contribution is 0.0527. The van der Waals surface area contributed by atoms with E-state index in [4.69, 9.17) is 4.74 Å². The number of nitrogens with one attached hydrogen (secondary N) is 2. The van der Waals surface area contributed by atoms with E-state index in [1.54, 1.807) is 39.0 Å². The van der Waals surface area contributed by atoms with Crippen molar-refractivity contribution in [3.8, 4) is 11.4 Å². The van der Waals surface area contributed by atoms with Gasteiger partial charge in [-0.3, -0.25) is 0 Å². The van der Waals surface area contributed by atoms with Gasteiger partial charge >= 0.3 is 6.09 Å². The highest BCUT2D eigenvalue weighted by atomic mass is 19.1. The smallest absolute Gasteiger partial charge is 0.407 e. The van der Waals surface area contributed by atoms with Crippen LogP contribution in [0.2, 0.25) is 0 Å². The Kier molecular flexibility index (Phi) is 7.89. The van der Waals surface area contributed by atoms with Crippen molar-refractivity contribution in [3.63, 3.8) is 0 Å². The standard InChI is InChI=1S/C24H28FN5O3/c1-24(2,3)33-23(32)26-11-5-7-17-13-18(9-10-20(17)25)21-27-15-28-22(30-21)29-19-8-4-6-16(12-19)14-31/h4,6,8-10,12-13,15,31H,5,7,11,14H2,1-3H3,(H,26,32)(H,27,28,29,30). The highest BCUT2D eigenvalue weighted by Gasteiger charge is 2.15. The van der Waals surface area contributed by atoms with Gasteiger partial charge in [0.05, 0.1) is 6.61 Å². The Hall–Kier alpha value is -3.59. The first-order valence-corrected chi connectivity index (χ1v) is 10.6. The third kappa shape index (κ3) is 7.50. The summed E-state index contributed by atoms with van der Waals surface area (Å²) in [5.41, 5.74) is 2.09. The van der Waals surface area contributed by atoms with Crippen molar-refractivity contribution >= 4 is 17.7 Å². The number of benzene rings is 2. The van der Waals surface area contributed by atoms with Gasteiger partial charge in [-0.15, -0.1) is 0 Å². The molecule has 0 aliphatic carbocycles. The van der Waals surface area contributed by atoms with Crippen molar-refractivity contribution in [1.29, 1.82) is 0 Å². The zero-order valence-corrected chi connectivity index (χ0v) is 18.9. The Morgan fingerprint density at radius 1 is 1.15 bits per heavy atom. The molecule has 0 spiro atoms. The van der Waals surface area contributed by atoms with E-state index in [9.17, 15) is 14.3 Å². The van der Waals surface area contributed by atoms with E-state index in [-0.39, 0.29) is 12.4 Å². The highest BCUT2D eigenvalue weighted by Crippen LogP contribution is 2.22. The molecule has 0 bridgehead atoms. The molecule has 1 heterocycles. The molecule has 0 fully saturated rings. The molecule has 0 radical (unpaired) electrons. The van der Waals surface area contributed by atoms with Crippen molar-refractivity contribution in [2.24, 2.45) is 0 Å². The van der Waals surface area contributed by atoms with Crippen LogP contribution in [0.4, 0.5) is 20.8 Å². The molecule has 0 saturated heterocycles. The van der Waals surface area contributed by atoms with E-state index in [2.05, 4.69) is 25.6 Å². The second-order valence-corrected chi connectivity index (χ2v) is 8.45. The van der Waals surface area contributed by atoms with Gasteiger partial charge in [-0.1, -0.05) is 12.1 Å². The summed E-state index contributed by atoms with van der Waals surface area (Å²) in [4.78, 5) is 24.5. The van der Waals surface area contributed by atoms with Gasteiger partial charge in [-0.2, -0.15) is 4.98 Å². The van der Waals surface area contributed by atoms with Crippen molar-refractivity contribution in [1.82, 2.24) is 20.3 Å². The average Bonchev–Trinajstić information content (AvgIpc) is 2.77. The van der Waals surface area contributed by atoms with Gasteiger partial charge in [0.25, 0.3) is 0 Å². The molecule has 33 heavy (non-hydrogen) atoms. The van der Waals surface area contributed by atoms with Gasteiger partial charge in [0.1, 0.15) is 17.7 Å². The fraction of sp³-hybridized carbons (Fsp3) is 0.333. The summed E-state index contributed by atoms with van der Waals surface area (Å²) < 4.78 is 19.5. The SMILES string of the molecule is CC(C)(C)OC(=O)NCCCc1cc(-c2ncnc(Nc3cccc(CO)c3)n2)ccc1F. The van der Waals surface area contributed by atoms with Crippen molar-refractivity contribution < 1.29 is 19.0 Å². The van der Waals surface area contributed by atoms with E-state index >= 15 is 0 Å². The maximum atomic E-state index is 14.3. The molecule has 174 valence electrons. The molecule has 1 aromatic heterocycles. The Morgan fingerprint density at radius 2 is 1.97 bits per heavy atom. The minimum Gasteiger partial charge on any atom is -0.444 e. The number of aliphatic hydroxyl groups excluding tert-OH is 1. The van der Waals surface area contributed by atoms with Crippen LogP contribution in [0.15, 0.2) is 48.8 Å². The molecule has 0 aliphatic heterocycles. The van der Waals surface area contributed by atoms with Gasteiger partial charge in [0.2, 0.25) is 5.95 Å². The number of aliphatic hydroxyl groups is 1. The molecule has 0 aliphatic rings. The molecule has 8 nitrogen and oxygen atoms in total. The molecular weight excluding hydrogens is 425 g/mol. The monoisotopic (exact) mass is 453 g/mol. The number of rotatable bonds is 8. The Morgan fingerprint density at radius 3 is 2.73 bits per heavy atom. The number of alkyl carbamates (subject to hydrolysis) is 1. The number of aryl methyl sites for hydroxylation is 1. The minimum absolute atomic E-state index is 0.0659. The number of nitrogens with zero attached hydrogens (tertiary/aromatic N) is 3. The normalized spacial score (nSPS) is 11.2. The number of aromatic nitrogens is 3. The number of hydrogen-bond donors (Lipinski definition) is 3. The number of carbonyl (C=O) groups excluding carboxylic acids is 1. The van der Waals surface area contributed by atoms with E-state index < -0.39 is 11.7 Å². The first-order valence-electron chi connectivity index (χ1n) is 10.6. The summed E-state index contributed by atoms with van der Waals surface area (Å²) in [6.07, 6.45) is 1.87. The van der Waals surface area contributed by atoms with E-state index in [0.29, 0.717) is 42.3 Å². The predicted molar refractivity (Wildman–Crippen MR) is 123 cm³/mol. The molecule has 0 unspecified atom stereocenters. The summed E-state index contributed by atoms with van der Waals surface area (Å²) >= 11 is 0. The summed E-state index contributed by atoms with van der Waals surface area (Å²) in [7, 11) is 0. The van der Waals surface area contributed by atoms with Crippen molar-refractivity contribution in [3.05, 3.63) is 65.7 Å². The minimum atomic E-state index is -0.565. The fourth-order valence-electron chi connectivity index (χ4n) is 3.06. The summed E-state index contributed by atoms with van der Waals surface area (Å²) in [6.45, 7) is 5.68. The zero-order chi connectivity index (χ0) is 23.8. The lowest BCUT2D eigenvalue weighted by Crippen LogP contribution is -2.33. The van der Waals surface area contributed by atoms with Gasteiger partial charge in [0, 0.05) is 17.8 Å². The Bertz CT molecular complexity index is 1100. The number of carbonyl (C=O) groups is 1. The van der Waals surface area contributed by atoms with E-state index in [1.807, 2.05) is 18.2 Å². The van der Waals surface area contributed by atoms with Crippen LogP contribution in [0, 0.1) is 5.82 Å². The van der Waals surface area contributed by atoms with Crippen LogP contribution in [0.25, 0.3) is 11.4 Å². The van der Waals surface area contributed by atoms with E-state index in [1.165, 1.54) is 12.4 Å². The highest BCUT2D eigenvalue weighted by molar-refractivity contribution is 5.67. The second-order valence-electron chi connectivity index (χ2n) is 8.45. The van der Waals surface area contributed by atoms with Crippen LogP contribution in [0.5, 0.6) is 0 Å². The maximum absolute atomic E-state index is 14.3. The quantitative estimate of drug-likeness (QED) is 0.435. The number of ether oxygens (including phenoxy) is 1. The Balaban J connectivity index is 1.65. The lowest BCUT2D eigenvalue weighted by atomic mass is 10.1. The molecular formula is C24H28FN5O3. The van der Waals surface area contributed by atoms with Gasteiger partial charge in [-0.25, -0.2) is 19.2 Å². The van der Waals surface area contributed by atoms with Gasteiger partial charge < -0.3 is 20.5 Å². The zero-order valence-electron chi connectivity index (χ0n) is 18.9. The van der Waals surface area contributed by atoms with Crippen molar-refractivity contribution in [2.75, 3.05) is 11.9 Å². The van der Waals surface area contributed by atoms with Crippen LogP contribution < -0.4 is 10.6 Å². The van der Waals surface area contributed by atoms with Crippen LogP contribution >= 0.6 is 0 Å². The number of amides is 1. The third-order valence-electron chi connectivity index (χ3n) is 4.53. The van der Waals surface area contributed by atoms with Crippen LogP contribution in [0.1, 0.15) is 38.3 Å². The first kappa shape index (κ1) is 24.1. The maximum Gasteiger partial charge on any atom is 0.407 e. The van der Waals surface area contributed by atoms with E-state index in [0.717, 1.165) is 11.3 Å². The van der Waals surface area contributed by atoms with Gasteiger partial charge in [-0.05, 0) is 75.1 Å². The second kappa shape index (κ2) is 10.8. The lowest BCUT2D eigenvalue weighted by Gasteiger charge is -2.19. The number of hydrogen-bond acceptors (Lipinski definition) is 7. The molecule has 1 amide bonds. The molecule has 3 rings (SSSR count). The largest absolute Gasteiger partial charge is 0.444 e. The Labute approximate surface area is 192 Å². The fourth-order valence-corrected chi connectivity index (χ4v) is 3.06. The average molecular weight is 454 g/mol. The molecule has 0 atom stereocenters. The number of halogens is 1. The first-order chi connectivity index (χ1) is 15.7. The molecule has 3 N–H and O–H groups in total. The molecule has 0 saturated carbocycles. The molecule has 3 aromatic rings. The third-order valence-corrected chi connectivity index (χ3v) is 4.53. The summed E-state index contributed by atoms with van der Waals surface area (Å²) in [5.74, 6) is 0.408. The molecule has 9 heteroatoms. The number of anilines is 2. The van der Waals surface area contributed by atoms with Crippen molar-refractivity contribution in [2.45, 2.75) is 45.8 Å². The summed E-state index contributed by atoms with van der Waals surface area (Å²) in [6, 6.07) is 12.0. The predicted octanol–water partition coefficient (Wildman–Crippen LogP) is 4.37. The van der Waals surface area contributed by atoms with Gasteiger partial charge in [0.15, 0.2) is 5.82 Å². The summed E-state index contributed by atoms with van der Waals surface area (Å²) in [5, 5.41) is 15.0.